The third-order valence-corrected chi connectivity index (χ3v) is 3.84. The van der Waals surface area contributed by atoms with Gasteiger partial charge in [0.05, 0.1) is 0 Å². The monoisotopic (exact) mass is 336 g/mol. The summed E-state index contributed by atoms with van der Waals surface area (Å²) in [5.41, 5.74) is 1.34. The zero-order chi connectivity index (χ0) is 14.4. The second-order valence-electron chi connectivity index (χ2n) is 4.99. The Kier molecular flexibility index (Phi) is 5.73. The number of nitrogens with one attached hydrogen (secondary N) is 1. The number of aryl methyl sites for hydroxylation is 1. The first kappa shape index (κ1) is 15.2. The van der Waals surface area contributed by atoms with E-state index in [1.54, 1.807) is 6.33 Å². The fourth-order valence-electron chi connectivity index (χ4n) is 2.20. The maximum atomic E-state index is 4.32. The summed E-state index contributed by atoms with van der Waals surface area (Å²) >= 11 is 3.47. The number of aromatic nitrogens is 3. The first-order valence-electron chi connectivity index (χ1n) is 6.99. The van der Waals surface area contributed by atoms with Crippen molar-refractivity contribution in [3.63, 3.8) is 0 Å². The average molecular weight is 337 g/mol. The van der Waals surface area contributed by atoms with Gasteiger partial charge in [0, 0.05) is 24.0 Å². The Morgan fingerprint density at radius 3 is 2.60 bits per heavy atom. The molecule has 0 aliphatic heterocycles. The Bertz CT molecular complexity index is 521. The summed E-state index contributed by atoms with van der Waals surface area (Å²) in [5, 5.41) is 7.75. The lowest BCUT2D eigenvalue weighted by Crippen LogP contribution is -2.34. The van der Waals surface area contributed by atoms with Gasteiger partial charge in [-0.1, -0.05) is 35.0 Å². The van der Waals surface area contributed by atoms with E-state index >= 15 is 0 Å². The second kappa shape index (κ2) is 7.55. The molecule has 5 heteroatoms. The van der Waals surface area contributed by atoms with Crippen LogP contribution in [-0.4, -0.2) is 27.4 Å². The fourth-order valence-corrected chi connectivity index (χ4v) is 2.46. The van der Waals surface area contributed by atoms with Crippen molar-refractivity contribution in [3.8, 4) is 0 Å². The van der Waals surface area contributed by atoms with Gasteiger partial charge in [-0.25, -0.2) is 4.98 Å². The van der Waals surface area contributed by atoms with Crippen LogP contribution >= 0.6 is 15.9 Å². The molecule has 0 amide bonds. The minimum Gasteiger partial charge on any atom is -0.313 e. The molecule has 1 aromatic carbocycles. The van der Waals surface area contributed by atoms with Crippen LogP contribution in [0.1, 0.15) is 24.7 Å². The third-order valence-electron chi connectivity index (χ3n) is 3.31. The molecule has 4 nitrogen and oxygen atoms in total. The molecule has 2 aromatic rings. The third kappa shape index (κ3) is 4.42. The van der Waals surface area contributed by atoms with Crippen molar-refractivity contribution in [2.75, 3.05) is 6.54 Å². The van der Waals surface area contributed by atoms with Crippen molar-refractivity contribution in [3.05, 3.63) is 46.5 Å². The molecular weight excluding hydrogens is 316 g/mol. The Morgan fingerprint density at radius 1 is 1.25 bits per heavy atom. The highest BCUT2D eigenvalue weighted by atomic mass is 79.9. The van der Waals surface area contributed by atoms with Gasteiger partial charge in [0.1, 0.15) is 12.2 Å². The maximum Gasteiger partial charge on any atom is 0.138 e. The Labute approximate surface area is 128 Å². The summed E-state index contributed by atoms with van der Waals surface area (Å²) < 4.78 is 2.97. The quantitative estimate of drug-likeness (QED) is 0.845. The lowest BCUT2D eigenvalue weighted by atomic mass is 10.0. The van der Waals surface area contributed by atoms with E-state index in [9.17, 15) is 0 Å². The lowest BCUT2D eigenvalue weighted by Gasteiger charge is -2.18. The number of rotatable bonds is 7. The maximum absolute atomic E-state index is 4.32. The SMILES string of the molecule is CCCNC(Cc1ccc(Br)cc1)Cc1ncnn1C. The molecule has 0 aliphatic carbocycles. The molecule has 0 aliphatic rings. The normalized spacial score (nSPS) is 12.6. The van der Waals surface area contributed by atoms with E-state index in [4.69, 9.17) is 0 Å². The first-order valence-corrected chi connectivity index (χ1v) is 7.79. The van der Waals surface area contributed by atoms with Gasteiger partial charge in [-0.15, -0.1) is 0 Å². The molecule has 0 saturated heterocycles. The summed E-state index contributed by atoms with van der Waals surface area (Å²) in [4.78, 5) is 4.32. The van der Waals surface area contributed by atoms with Crippen LogP contribution in [0.4, 0.5) is 0 Å². The Balaban J connectivity index is 2.03. The number of halogens is 1. The molecule has 0 saturated carbocycles. The standard InChI is InChI=1S/C15H21BrN4/c1-3-8-17-14(10-15-18-11-19-20(15)2)9-12-4-6-13(16)7-5-12/h4-7,11,14,17H,3,8-10H2,1-2H3. The van der Waals surface area contributed by atoms with Gasteiger partial charge in [0.2, 0.25) is 0 Å². The Hall–Kier alpha value is -1.20. The molecule has 0 bridgehead atoms. The predicted molar refractivity (Wildman–Crippen MR) is 84.6 cm³/mol. The van der Waals surface area contributed by atoms with E-state index in [1.807, 2.05) is 11.7 Å². The van der Waals surface area contributed by atoms with Crippen molar-refractivity contribution in [1.82, 2.24) is 20.1 Å². The zero-order valence-electron chi connectivity index (χ0n) is 12.0. The van der Waals surface area contributed by atoms with Crippen molar-refractivity contribution < 1.29 is 0 Å². The van der Waals surface area contributed by atoms with Crippen LogP contribution in [-0.2, 0) is 19.9 Å². The minimum absolute atomic E-state index is 0.388. The van der Waals surface area contributed by atoms with Crippen LogP contribution in [0.15, 0.2) is 35.1 Å². The van der Waals surface area contributed by atoms with Crippen LogP contribution in [0.25, 0.3) is 0 Å². The Morgan fingerprint density at radius 2 is 2.00 bits per heavy atom. The predicted octanol–water partition coefficient (Wildman–Crippen LogP) is 2.73. The van der Waals surface area contributed by atoms with E-state index < -0.39 is 0 Å². The zero-order valence-corrected chi connectivity index (χ0v) is 13.6. The minimum atomic E-state index is 0.388. The van der Waals surface area contributed by atoms with E-state index in [-0.39, 0.29) is 0 Å². The molecule has 1 heterocycles. The van der Waals surface area contributed by atoms with Gasteiger partial charge in [-0.3, -0.25) is 4.68 Å². The van der Waals surface area contributed by atoms with Gasteiger partial charge < -0.3 is 5.32 Å². The highest BCUT2D eigenvalue weighted by Crippen LogP contribution is 2.13. The van der Waals surface area contributed by atoms with E-state index in [1.165, 1.54) is 5.56 Å². The van der Waals surface area contributed by atoms with Gasteiger partial charge in [-0.05, 0) is 37.1 Å². The van der Waals surface area contributed by atoms with E-state index in [0.29, 0.717) is 6.04 Å². The van der Waals surface area contributed by atoms with Crippen molar-refractivity contribution in [2.24, 2.45) is 7.05 Å². The number of hydrogen-bond acceptors (Lipinski definition) is 3. The van der Waals surface area contributed by atoms with Gasteiger partial charge in [-0.2, -0.15) is 5.10 Å². The molecule has 2 rings (SSSR count). The van der Waals surface area contributed by atoms with Crippen molar-refractivity contribution >= 4 is 15.9 Å². The first-order chi connectivity index (χ1) is 9.69. The molecule has 1 atom stereocenters. The van der Waals surface area contributed by atoms with Crippen LogP contribution in [0, 0.1) is 0 Å². The molecule has 1 unspecified atom stereocenters. The summed E-state index contributed by atoms with van der Waals surface area (Å²) in [6.45, 7) is 3.21. The highest BCUT2D eigenvalue weighted by molar-refractivity contribution is 9.10. The lowest BCUT2D eigenvalue weighted by molar-refractivity contribution is 0.485. The fraction of sp³-hybridized carbons (Fsp3) is 0.467. The summed E-state index contributed by atoms with van der Waals surface area (Å²) in [6.07, 6.45) is 4.65. The van der Waals surface area contributed by atoms with E-state index in [2.05, 4.69) is 62.5 Å². The van der Waals surface area contributed by atoms with Crippen LogP contribution < -0.4 is 5.32 Å². The van der Waals surface area contributed by atoms with Gasteiger partial charge in [0.15, 0.2) is 0 Å². The topological polar surface area (TPSA) is 42.7 Å². The molecule has 0 spiro atoms. The molecule has 1 N–H and O–H groups in total. The largest absolute Gasteiger partial charge is 0.313 e. The van der Waals surface area contributed by atoms with Crippen molar-refractivity contribution in [1.29, 1.82) is 0 Å². The second-order valence-corrected chi connectivity index (χ2v) is 5.90. The van der Waals surface area contributed by atoms with E-state index in [0.717, 1.165) is 36.1 Å². The summed E-state index contributed by atoms with van der Waals surface area (Å²) in [5.74, 6) is 1.02. The van der Waals surface area contributed by atoms with Gasteiger partial charge >= 0.3 is 0 Å². The number of benzene rings is 1. The smallest absolute Gasteiger partial charge is 0.138 e. The summed E-state index contributed by atoms with van der Waals surface area (Å²) in [6, 6.07) is 8.91. The van der Waals surface area contributed by atoms with Gasteiger partial charge in [0.25, 0.3) is 0 Å². The molecule has 1 aromatic heterocycles. The average Bonchev–Trinajstić information content (AvgIpc) is 2.84. The summed E-state index contributed by atoms with van der Waals surface area (Å²) in [7, 11) is 1.94. The molecular formula is C15H21BrN4. The molecule has 0 radical (unpaired) electrons. The number of hydrogen-bond donors (Lipinski definition) is 1. The van der Waals surface area contributed by atoms with Crippen LogP contribution in [0.5, 0.6) is 0 Å². The molecule has 20 heavy (non-hydrogen) atoms. The number of nitrogens with zero attached hydrogens (tertiary/aromatic N) is 3. The molecule has 0 fully saturated rings. The molecule has 108 valence electrons. The van der Waals surface area contributed by atoms with Crippen molar-refractivity contribution in [2.45, 2.75) is 32.2 Å². The van der Waals surface area contributed by atoms with Crippen LogP contribution in [0.2, 0.25) is 0 Å². The highest BCUT2D eigenvalue weighted by Gasteiger charge is 2.13. The van der Waals surface area contributed by atoms with Crippen LogP contribution in [0.3, 0.4) is 0 Å².